The van der Waals surface area contributed by atoms with E-state index in [-0.39, 0.29) is 0 Å². The summed E-state index contributed by atoms with van der Waals surface area (Å²) >= 11 is 8.61. The molecule has 0 aliphatic heterocycles. The second-order valence-electron chi connectivity index (χ2n) is 4.31. The predicted octanol–water partition coefficient (Wildman–Crippen LogP) is 5.33. The first kappa shape index (κ1) is 14.3. The first-order chi connectivity index (χ1) is 8.47. The van der Waals surface area contributed by atoms with E-state index in [1.165, 1.54) is 15.3 Å². The van der Waals surface area contributed by atoms with Crippen molar-refractivity contribution in [3.8, 4) is 0 Å². The quantitative estimate of drug-likeness (QED) is 0.760. The largest absolute Gasteiger partial charge is 0.452 e. The van der Waals surface area contributed by atoms with Gasteiger partial charge in [0.05, 0.1) is 11.0 Å². The van der Waals surface area contributed by atoms with Crippen LogP contribution in [0.25, 0.3) is 0 Å². The third-order valence-electron chi connectivity index (χ3n) is 2.82. The van der Waals surface area contributed by atoms with E-state index in [4.69, 9.17) is 4.42 Å². The van der Waals surface area contributed by atoms with Gasteiger partial charge in [-0.05, 0) is 70.3 Å². The monoisotopic (exact) mass is 391 g/mol. The lowest BCUT2D eigenvalue weighted by Crippen LogP contribution is -2.17. The smallest absolute Gasteiger partial charge is 0.183 e. The Hall–Kier alpha value is -0.100. The van der Waals surface area contributed by atoms with Crippen molar-refractivity contribution in [3.05, 3.63) is 42.4 Å². The summed E-state index contributed by atoms with van der Waals surface area (Å²) in [6.45, 7) is 7.22. The van der Waals surface area contributed by atoms with Crippen LogP contribution >= 0.6 is 43.2 Å². The van der Waals surface area contributed by atoms with E-state index < -0.39 is 0 Å². The van der Waals surface area contributed by atoms with Gasteiger partial charge in [0.15, 0.2) is 4.67 Å². The van der Waals surface area contributed by atoms with Gasteiger partial charge in [0.2, 0.25) is 0 Å². The first-order valence-electron chi connectivity index (χ1n) is 5.71. The number of hydrogen-bond donors (Lipinski definition) is 1. The van der Waals surface area contributed by atoms with Gasteiger partial charge in [-0.2, -0.15) is 0 Å². The molecule has 0 aliphatic carbocycles. The molecule has 1 unspecified atom stereocenters. The van der Waals surface area contributed by atoms with Gasteiger partial charge in [0, 0.05) is 15.8 Å². The highest BCUT2D eigenvalue weighted by atomic mass is 79.9. The summed E-state index contributed by atoms with van der Waals surface area (Å²) < 4.78 is 7.24. The SMILES string of the molecule is Cc1cc(C(C)NCc2cc(Br)c(Br)o2)c(C)s1. The van der Waals surface area contributed by atoms with Gasteiger partial charge in [-0.3, -0.25) is 0 Å². The number of halogens is 2. The lowest BCUT2D eigenvalue weighted by Gasteiger charge is -2.12. The van der Waals surface area contributed by atoms with Crippen LogP contribution in [0.4, 0.5) is 0 Å². The van der Waals surface area contributed by atoms with Gasteiger partial charge in [0.1, 0.15) is 5.76 Å². The minimum Gasteiger partial charge on any atom is -0.452 e. The molecule has 18 heavy (non-hydrogen) atoms. The van der Waals surface area contributed by atoms with Crippen LogP contribution < -0.4 is 5.32 Å². The molecule has 1 atom stereocenters. The summed E-state index contributed by atoms with van der Waals surface area (Å²) in [4.78, 5) is 2.74. The maximum absolute atomic E-state index is 5.55. The zero-order valence-electron chi connectivity index (χ0n) is 10.5. The first-order valence-corrected chi connectivity index (χ1v) is 8.11. The Bertz CT molecular complexity index is 528. The van der Waals surface area contributed by atoms with E-state index in [9.17, 15) is 0 Å². The van der Waals surface area contributed by atoms with Crippen LogP contribution in [-0.2, 0) is 6.54 Å². The van der Waals surface area contributed by atoms with E-state index >= 15 is 0 Å². The molecule has 2 aromatic heterocycles. The fraction of sp³-hybridized carbons (Fsp3) is 0.385. The molecule has 1 N–H and O–H groups in total. The number of hydrogen-bond acceptors (Lipinski definition) is 3. The molecular formula is C13H15Br2NOS. The van der Waals surface area contributed by atoms with Crippen LogP contribution in [-0.4, -0.2) is 0 Å². The molecule has 0 amide bonds. The van der Waals surface area contributed by atoms with Crippen LogP contribution in [0.15, 0.2) is 25.7 Å². The number of rotatable bonds is 4. The van der Waals surface area contributed by atoms with E-state index in [0.717, 1.165) is 21.4 Å². The second-order valence-corrected chi connectivity index (χ2v) is 7.34. The van der Waals surface area contributed by atoms with Crippen LogP contribution in [0.2, 0.25) is 0 Å². The van der Waals surface area contributed by atoms with Crippen molar-refractivity contribution in [2.45, 2.75) is 33.4 Å². The Kier molecular flexibility index (Phi) is 4.69. The normalized spacial score (nSPS) is 12.9. The molecule has 0 saturated heterocycles. The maximum atomic E-state index is 5.55. The Morgan fingerprint density at radius 1 is 1.33 bits per heavy atom. The number of thiophene rings is 1. The third-order valence-corrected chi connectivity index (χ3v) is 5.52. The molecule has 0 aliphatic rings. The molecule has 0 fully saturated rings. The number of furan rings is 1. The summed E-state index contributed by atoms with van der Waals surface area (Å²) in [5.41, 5.74) is 1.38. The molecule has 0 spiro atoms. The second kappa shape index (κ2) is 5.90. The summed E-state index contributed by atoms with van der Waals surface area (Å²) in [6, 6.07) is 4.57. The zero-order chi connectivity index (χ0) is 13.3. The van der Waals surface area contributed by atoms with Gasteiger partial charge in [-0.25, -0.2) is 0 Å². The molecule has 0 bridgehead atoms. The molecule has 2 aromatic rings. The maximum Gasteiger partial charge on any atom is 0.183 e. The van der Waals surface area contributed by atoms with Crippen molar-refractivity contribution in [2.75, 3.05) is 0 Å². The van der Waals surface area contributed by atoms with Crippen molar-refractivity contribution >= 4 is 43.2 Å². The molecule has 2 heterocycles. The van der Waals surface area contributed by atoms with Crippen LogP contribution in [0.3, 0.4) is 0 Å². The Morgan fingerprint density at radius 2 is 2.06 bits per heavy atom. The Balaban J connectivity index is 2.00. The highest BCUT2D eigenvalue weighted by Gasteiger charge is 2.12. The topological polar surface area (TPSA) is 25.2 Å². The highest BCUT2D eigenvalue weighted by Crippen LogP contribution is 2.28. The van der Waals surface area contributed by atoms with Crippen LogP contribution in [0.1, 0.15) is 34.0 Å². The molecule has 0 radical (unpaired) electrons. The van der Waals surface area contributed by atoms with Gasteiger partial charge in [-0.1, -0.05) is 0 Å². The molecule has 2 nitrogen and oxygen atoms in total. The highest BCUT2D eigenvalue weighted by molar-refractivity contribution is 9.13. The summed E-state index contributed by atoms with van der Waals surface area (Å²) in [5, 5.41) is 3.48. The summed E-state index contributed by atoms with van der Waals surface area (Å²) in [7, 11) is 0. The van der Waals surface area contributed by atoms with E-state index in [0.29, 0.717) is 6.04 Å². The van der Waals surface area contributed by atoms with Gasteiger partial charge in [0.25, 0.3) is 0 Å². The van der Waals surface area contributed by atoms with Crippen molar-refractivity contribution in [1.29, 1.82) is 0 Å². The minimum atomic E-state index is 0.331. The lowest BCUT2D eigenvalue weighted by molar-refractivity contribution is 0.446. The molecule has 0 aromatic carbocycles. The molecule has 5 heteroatoms. The van der Waals surface area contributed by atoms with Crippen molar-refractivity contribution in [1.82, 2.24) is 5.32 Å². The van der Waals surface area contributed by atoms with Crippen molar-refractivity contribution in [3.63, 3.8) is 0 Å². The molecular weight excluding hydrogens is 378 g/mol. The number of nitrogens with one attached hydrogen (secondary N) is 1. The predicted molar refractivity (Wildman–Crippen MR) is 83.2 cm³/mol. The fourth-order valence-electron chi connectivity index (χ4n) is 1.92. The average molecular weight is 393 g/mol. The van der Waals surface area contributed by atoms with Crippen molar-refractivity contribution in [2.24, 2.45) is 0 Å². The van der Waals surface area contributed by atoms with Gasteiger partial charge < -0.3 is 9.73 Å². The number of aryl methyl sites for hydroxylation is 2. The van der Waals surface area contributed by atoms with Crippen molar-refractivity contribution < 1.29 is 4.42 Å². The van der Waals surface area contributed by atoms with Crippen LogP contribution in [0, 0.1) is 13.8 Å². The molecule has 2 rings (SSSR count). The summed E-state index contributed by atoms with van der Waals surface area (Å²) in [6.07, 6.45) is 0. The molecule has 0 saturated carbocycles. The fourth-order valence-corrected chi connectivity index (χ4v) is 3.60. The van der Waals surface area contributed by atoms with Gasteiger partial charge >= 0.3 is 0 Å². The van der Waals surface area contributed by atoms with Crippen LogP contribution in [0.5, 0.6) is 0 Å². The lowest BCUT2D eigenvalue weighted by atomic mass is 10.1. The minimum absolute atomic E-state index is 0.331. The van der Waals surface area contributed by atoms with E-state index in [1.807, 2.05) is 17.4 Å². The standard InChI is InChI=1S/C13H15Br2NOS/c1-7-4-11(9(3)18-7)8(2)16-6-10-5-12(14)13(15)17-10/h4-5,8,16H,6H2,1-3H3. The zero-order valence-corrected chi connectivity index (χ0v) is 14.5. The third kappa shape index (κ3) is 3.26. The average Bonchev–Trinajstić information content (AvgIpc) is 2.79. The summed E-state index contributed by atoms with van der Waals surface area (Å²) in [5.74, 6) is 0.921. The van der Waals surface area contributed by atoms with Gasteiger partial charge in [-0.15, -0.1) is 11.3 Å². The van der Waals surface area contributed by atoms with E-state index in [2.05, 4.69) is 64.0 Å². The Morgan fingerprint density at radius 3 is 2.56 bits per heavy atom. The molecule has 98 valence electrons. The van der Waals surface area contributed by atoms with E-state index in [1.54, 1.807) is 0 Å². The Labute approximate surface area is 128 Å².